The molecule has 1 rings (SSSR count). The number of halogens is 1. The molecule has 0 fully saturated rings. The molecule has 1 atom stereocenters. The van der Waals surface area contributed by atoms with Crippen molar-refractivity contribution in [3.8, 4) is 5.75 Å². The molecule has 0 aliphatic rings. The molecule has 1 aromatic carbocycles. The third-order valence-electron chi connectivity index (χ3n) is 2.59. The maximum absolute atomic E-state index is 13.4. The number of methoxy groups -OCH3 is 1. The summed E-state index contributed by atoms with van der Waals surface area (Å²) < 4.78 is 18.3. The Bertz CT molecular complexity index is 498. The van der Waals surface area contributed by atoms with Crippen LogP contribution < -0.4 is 21.1 Å². The Kier molecular flexibility index (Phi) is 4.81. The number of nitrogens with two attached hydrogens (primary N) is 1. The monoisotopic (exact) mass is 283 g/mol. The van der Waals surface area contributed by atoms with Gasteiger partial charge in [0.2, 0.25) is 5.91 Å². The minimum absolute atomic E-state index is 0.0742. The Hall–Kier alpha value is -1.98. The van der Waals surface area contributed by atoms with Crippen LogP contribution in [0.3, 0.4) is 0 Å². The molecular weight excluding hydrogens is 261 g/mol. The van der Waals surface area contributed by atoms with E-state index in [-0.39, 0.29) is 22.9 Å². The van der Waals surface area contributed by atoms with Crippen LogP contribution in [0.2, 0.25) is 0 Å². The van der Waals surface area contributed by atoms with Gasteiger partial charge >= 0.3 is 0 Å². The Morgan fingerprint density at radius 3 is 2.50 bits per heavy atom. The van der Waals surface area contributed by atoms with Crippen molar-refractivity contribution >= 4 is 17.3 Å². The maximum atomic E-state index is 13.4. The summed E-state index contributed by atoms with van der Waals surface area (Å²) in [6.07, 6.45) is 0. The normalized spacial score (nSPS) is 12.7. The van der Waals surface area contributed by atoms with E-state index in [4.69, 9.17) is 10.5 Å². The molecule has 1 aromatic rings. The highest BCUT2D eigenvalue weighted by Gasteiger charge is 2.20. The minimum Gasteiger partial charge on any atom is -0.494 e. The fourth-order valence-electron chi connectivity index (χ4n) is 1.63. The third-order valence-corrected chi connectivity index (χ3v) is 2.59. The first-order valence-electron chi connectivity index (χ1n) is 6.35. The van der Waals surface area contributed by atoms with Gasteiger partial charge in [0.15, 0.2) is 11.6 Å². The van der Waals surface area contributed by atoms with Crippen molar-refractivity contribution in [2.24, 2.45) is 0 Å². The number of anilines is 2. The van der Waals surface area contributed by atoms with Gasteiger partial charge in [-0.1, -0.05) is 0 Å². The topological polar surface area (TPSA) is 76.4 Å². The summed E-state index contributed by atoms with van der Waals surface area (Å²) in [5.41, 5.74) is 6.09. The largest absolute Gasteiger partial charge is 0.494 e. The van der Waals surface area contributed by atoms with Gasteiger partial charge in [0.1, 0.15) is 6.04 Å². The number of carbonyl (C=O) groups is 1. The van der Waals surface area contributed by atoms with E-state index in [9.17, 15) is 9.18 Å². The molecule has 4 N–H and O–H groups in total. The summed E-state index contributed by atoms with van der Waals surface area (Å²) in [6.45, 7) is 7.39. The van der Waals surface area contributed by atoms with Gasteiger partial charge in [0, 0.05) is 17.7 Å². The molecule has 5 nitrogen and oxygen atoms in total. The minimum atomic E-state index is -0.539. The van der Waals surface area contributed by atoms with Gasteiger partial charge in [0.25, 0.3) is 0 Å². The molecule has 112 valence electrons. The maximum Gasteiger partial charge on any atom is 0.242 e. The van der Waals surface area contributed by atoms with Crippen LogP contribution in [0.15, 0.2) is 12.1 Å². The number of benzene rings is 1. The predicted octanol–water partition coefficient (Wildman–Crippen LogP) is 2.13. The lowest BCUT2D eigenvalue weighted by atomic mass is 10.1. The van der Waals surface area contributed by atoms with Crippen molar-refractivity contribution in [2.75, 3.05) is 18.2 Å². The number of hydrogen-bond donors (Lipinski definition) is 3. The second kappa shape index (κ2) is 5.98. The summed E-state index contributed by atoms with van der Waals surface area (Å²) in [6, 6.07) is 2.09. The highest BCUT2D eigenvalue weighted by Crippen LogP contribution is 2.28. The highest BCUT2D eigenvalue weighted by atomic mass is 19.1. The molecule has 0 radical (unpaired) electrons. The molecule has 0 aromatic heterocycles. The van der Waals surface area contributed by atoms with E-state index in [1.165, 1.54) is 13.2 Å². The summed E-state index contributed by atoms with van der Waals surface area (Å²) in [7, 11) is 1.37. The van der Waals surface area contributed by atoms with E-state index in [0.717, 1.165) is 6.07 Å². The van der Waals surface area contributed by atoms with E-state index in [1.807, 2.05) is 20.8 Å². The lowest BCUT2D eigenvalue weighted by Crippen LogP contribution is -2.47. The van der Waals surface area contributed by atoms with Crippen LogP contribution >= 0.6 is 0 Å². The van der Waals surface area contributed by atoms with Crippen LogP contribution in [-0.4, -0.2) is 24.6 Å². The zero-order valence-corrected chi connectivity index (χ0v) is 12.5. The lowest BCUT2D eigenvalue weighted by Gasteiger charge is -2.24. The SMILES string of the molecule is COc1cc(NC(C)C(=O)NC(C)(C)C)c(N)cc1F. The van der Waals surface area contributed by atoms with Gasteiger partial charge < -0.3 is 21.1 Å². The molecule has 1 unspecified atom stereocenters. The van der Waals surface area contributed by atoms with Crippen LogP contribution in [0.1, 0.15) is 27.7 Å². The zero-order valence-electron chi connectivity index (χ0n) is 12.5. The first kappa shape index (κ1) is 16.1. The summed E-state index contributed by atoms with van der Waals surface area (Å²) in [5, 5.41) is 5.80. The molecule has 0 aliphatic carbocycles. The predicted molar refractivity (Wildman–Crippen MR) is 78.3 cm³/mol. The quantitative estimate of drug-likeness (QED) is 0.740. The molecule has 0 heterocycles. The Labute approximate surface area is 118 Å². The number of rotatable bonds is 4. The standard InChI is InChI=1S/C14H22FN3O2/c1-8(13(19)18-14(2,3)4)17-11-7-12(20-5)9(15)6-10(11)16/h6-8,17H,16H2,1-5H3,(H,18,19). The average molecular weight is 283 g/mol. The van der Waals surface area contributed by atoms with Crippen LogP contribution in [0.4, 0.5) is 15.8 Å². The van der Waals surface area contributed by atoms with E-state index >= 15 is 0 Å². The molecule has 1 amide bonds. The Morgan fingerprint density at radius 2 is 2.00 bits per heavy atom. The molecule has 0 saturated heterocycles. The Morgan fingerprint density at radius 1 is 1.40 bits per heavy atom. The van der Waals surface area contributed by atoms with Crippen LogP contribution in [0, 0.1) is 5.82 Å². The van der Waals surface area contributed by atoms with Crippen molar-refractivity contribution in [3.05, 3.63) is 17.9 Å². The van der Waals surface area contributed by atoms with E-state index in [0.29, 0.717) is 5.69 Å². The number of ether oxygens (including phenoxy) is 1. The smallest absolute Gasteiger partial charge is 0.242 e. The highest BCUT2D eigenvalue weighted by molar-refractivity contribution is 5.86. The number of carbonyl (C=O) groups excluding carboxylic acids is 1. The average Bonchev–Trinajstić information content (AvgIpc) is 2.30. The first-order valence-corrected chi connectivity index (χ1v) is 6.35. The van der Waals surface area contributed by atoms with Crippen molar-refractivity contribution in [3.63, 3.8) is 0 Å². The molecule has 0 saturated carbocycles. The van der Waals surface area contributed by atoms with Gasteiger partial charge in [0.05, 0.1) is 18.5 Å². The van der Waals surface area contributed by atoms with Gasteiger partial charge in [-0.2, -0.15) is 0 Å². The van der Waals surface area contributed by atoms with Crippen molar-refractivity contribution in [2.45, 2.75) is 39.3 Å². The number of nitrogen functional groups attached to an aromatic ring is 1. The summed E-state index contributed by atoms with van der Waals surface area (Å²) in [4.78, 5) is 12.0. The molecule has 0 spiro atoms. The third kappa shape index (κ3) is 4.29. The fourth-order valence-corrected chi connectivity index (χ4v) is 1.63. The van der Waals surface area contributed by atoms with Crippen molar-refractivity contribution < 1.29 is 13.9 Å². The van der Waals surface area contributed by atoms with Gasteiger partial charge in [-0.25, -0.2) is 4.39 Å². The summed E-state index contributed by atoms with van der Waals surface area (Å²) in [5.74, 6) is -0.632. The Balaban J connectivity index is 2.85. The van der Waals surface area contributed by atoms with Crippen molar-refractivity contribution in [1.29, 1.82) is 0 Å². The van der Waals surface area contributed by atoms with Crippen LogP contribution in [0.25, 0.3) is 0 Å². The molecule has 6 heteroatoms. The second-order valence-electron chi connectivity index (χ2n) is 5.68. The first-order chi connectivity index (χ1) is 9.14. The van der Waals surface area contributed by atoms with Gasteiger partial charge in [-0.05, 0) is 27.7 Å². The molecular formula is C14H22FN3O2. The van der Waals surface area contributed by atoms with Gasteiger partial charge in [-0.3, -0.25) is 4.79 Å². The van der Waals surface area contributed by atoms with Gasteiger partial charge in [-0.15, -0.1) is 0 Å². The molecule has 0 bridgehead atoms. The van der Waals surface area contributed by atoms with E-state index < -0.39 is 11.9 Å². The van der Waals surface area contributed by atoms with Crippen LogP contribution in [0.5, 0.6) is 5.75 Å². The summed E-state index contributed by atoms with van der Waals surface area (Å²) >= 11 is 0. The molecule has 0 aliphatic heterocycles. The van der Waals surface area contributed by atoms with Crippen molar-refractivity contribution in [1.82, 2.24) is 5.32 Å². The number of nitrogens with one attached hydrogen (secondary N) is 2. The zero-order chi connectivity index (χ0) is 15.5. The number of amides is 1. The fraction of sp³-hybridized carbons (Fsp3) is 0.500. The lowest BCUT2D eigenvalue weighted by molar-refractivity contribution is -0.122. The van der Waals surface area contributed by atoms with Crippen LogP contribution in [-0.2, 0) is 4.79 Å². The second-order valence-corrected chi connectivity index (χ2v) is 5.68. The molecule has 20 heavy (non-hydrogen) atoms. The van der Waals surface area contributed by atoms with E-state index in [1.54, 1.807) is 6.92 Å². The van der Waals surface area contributed by atoms with E-state index in [2.05, 4.69) is 10.6 Å². The number of hydrogen-bond acceptors (Lipinski definition) is 4.